The average Bonchev–Trinajstić information content (AvgIpc) is 3.27. The maximum absolute atomic E-state index is 6.09. The fourth-order valence-electron chi connectivity index (χ4n) is 3.13. The molecule has 1 aromatic rings. The number of nitrogens with two attached hydrogens (primary N) is 1. The summed E-state index contributed by atoms with van der Waals surface area (Å²) in [6, 6.07) is 0. The lowest BCUT2D eigenvalue weighted by molar-refractivity contribution is -0.0352. The predicted octanol–water partition coefficient (Wildman–Crippen LogP) is 3.89. The van der Waals surface area contributed by atoms with Crippen LogP contribution < -0.4 is 5.73 Å². The molecule has 2 N–H and O–H groups in total. The van der Waals surface area contributed by atoms with Crippen LogP contribution in [-0.2, 0) is 10.3 Å². The van der Waals surface area contributed by atoms with Gasteiger partial charge < -0.3 is 10.5 Å². The van der Waals surface area contributed by atoms with Gasteiger partial charge in [-0.1, -0.05) is 25.7 Å². The second-order valence-corrected chi connectivity index (χ2v) is 6.81. The van der Waals surface area contributed by atoms with Crippen LogP contribution in [0.15, 0.2) is 4.47 Å². The van der Waals surface area contributed by atoms with Gasteiger partial charge in [0.1, 0.15) is 11.4 Å². The fraction of sp³-hybridized carbons (Fsp3) is 0.733. The van der Waals surface area contributed by atoms with Crippen molar-refractivity contribution in [3.8, 4) is 0 Å². The molecule has 4 nitrogen and oxygen atoms in total. The number of rotatable bonds is 3. The summed E-state index contributed by atoms with van der Waals surface area (Å²) in [5.41, 5.74) is 6.83. The first-order valence-corrected chi connectivity index (χ1v) is 8.34. The zero-order valence-corrected chi connectivity index (χ0v) is 13.6. The molecule has 2 aliphatic rings. The summed E-state index contributed by atoms with van der Waals surface area (Å²) in [5.74, 6) is 1.90. The molecule has 5 heteroatoms. The number of hydrogen-bond acceptors (Lipinski definition) is 4. The third-order valence-corrected chi connectivity index (χ3v) is 5.39. The molecule has 0 aliphatic heterocycles. The van der Waals surface area contributed by atoms with Crippen LogP contribution in [-0.4, -0.2) is 17.1 Å². The molecular formula is C15H22BrN3O. The average molecular weight is 340 g/mol. The van der Waals surface area contributed by atoms with Crippen LogP contribution >= 0.6 is 15.9 Å². The number of anilines is 1. The lowest BCUT2D eigenvalue weighted by Gasteiger charge is -2.30. The summed E-state index contributed by atoms with van der Waals surface area (Å²) in [6.07, 6.45) is 9.28. The van der Waals surface area contributed by atoms with Gasteiger partial charge in [0, 0.05) is 13.0 Å². The van der Waals surface area contributed by atoms with E-state index in [2.05, 4.69) is 20.9 Å². The van der Waals surface area contributed by atoms with Gasteiger partial charge in [0.2, 0.25) is 0 Å². The van der Waals surface area contributed by atoms with Gasteiger partial charge in [-0.05, 0) is 41.6 Å². The number of hydrogen-bond donors (Lipinski definition) is 1. The molecule has 2 fully saturated rings. The normalized spacial score (nSPS) is 22.5. The standard InChI is InChI=1S/C15H22BrN3O/c1-20-15(8-4-2-3-5-9-15)14-18-12(10-6-7-10)11(16)13(17)19-14/h10H,2-9H2,1H3,(H2,17,18,19). The van der Waals surface area contributed by atoms with Crippen molar-refractivity contribution in [1.82, 2.24) is 9.97 Å². The van der Waals surface area contributed by atoms with E-state index in [0.717, 1.165) is 28.8 Å². The number of ether oxygens (including phenoxy) is 1. The highest BCUT2D eigenvalue weighted by Gasteiger charge is 2.38. The van der Waals surface area contributed by atoms with Crippen molar-refractivity contribution in [2.24, 2.45) is 0 Å². The highest BCUT2D eigenvalue weighted by molar-refractivity contribution is 9.10. The Morgan fingerprint density at radius 2 is 1.80 bits per heavy atom. The van der Waals surface area contributed by atoms with Crippen molar-refractivity contribution < 1.29 is 4.74 Å². The molecule has 0 saturated heterocycles. The zero-order valence-electron chi connectivity index (χ0n) is 12.0. The maximum atomic E-state index is 6.09. The maximum Gasteiger partial charge on any atom is 0.162 e. The molecule has 1 aromatic heterocycles. The van der Waals surface area contributed by atoms with Crippen LogP contribution in [0.5, 0.6) is 0 Å². The molecule has 0 amide bonds. The van der Waals surface area contributed by atoms with Crippen molar-refractivity contribution in [2.75, 3.05) is 12.8 Å². The van der Waals surface area contributed by atoms with Crippen molar-refractivity contribution in [3.63, 3.8) is 0 Å². The van der Waals surface area contributed by atoms with Gasteiger partial charge in [0.15, 0.2) is 5.82 Å². The number of nitrogen functional groups attached to an aromatic ring is 1. The molecule has 3 rings (SSSR count). The Labute approximate surface area is 128 Å². The van der Waals surface area contributed by atoms with Crippen LogP contribution in [0, 0.1) is 0 Å². The van der Waals surface area contributed by atoms with Crippen LogP contribution in [0.4, 0.5) is 5.82 Å². The van der Waals surface area contributed by atoms with Gasteiger partial charge in [-0.15, -0.1) is 0 Å². The number of nitrogens with zero attached hydrogens (tertiary/aromatic N) is 2. The number of halogens is 1. The smallest absolute Gasteiger partial charge is 0.162 e. The van der Waals surface area contributed by atoms with E-state index in [1.807, 2.05) is 0 Å². The van der Waals surface area contributed by atoms with E-state index >= 15 is 0 Å². The fourth-order valence-corrected chi connectivity index (χ4v) is 3.63. The van der Waals surface area contributed by atoms with Gasteiger partial charge in [0.05, 0.1) is 10.2 Å². The Kier molecular flexibility index (Phi) is 4.00. The molecule has 1 heterocycles. The molecule has 0 atom stereocenters. The Hall–Kier alpha value is -0.680. The van der Waals surface area contributed by atoms with Crippen molar-refractivity contribution in [3.05, 3.63) is 16.0 Å². The van der Waals surface area contributed by atoms with E-state index in [1.54, 1.807) is 7.11 Å². The molecule has 2 aliphatic carbocycles. The summed E-state index contributed by atoms with van der Waals surface area (Å²) in [4.78, 5) is 9.39. The van der Waals surface area contributed by atoms with Crippen molar-refractivity contribution >= 4 is 21.7 Å². The van der Waals surface area contributed by atoms with Gasteiger partial charge in [-0.25, -0.2) is 9.97 Å². The second-order valence-electron chi connectivity index (χ2n) is 6.02. The van der Waals surface area contributed by atoms with E-state index in [0.29, 0.717) is 11.7 Å². The Morgan fingerprint density at radius 1 is 1.15 bits per heavy atom. The van der Waals surface area contributed by atoms with Gasteiger partial charge in [-0.3, -0.25) is 0 Å². The number of aromatic nitrogens is 2. The molecule has 0 radical (unpaired) electrons. The minimum absolute atomic E-state index is 0.338. The highest BCUT2D eigenvalue weighted by Crippen LogP contribution is 2.45. The minimum atomic E-state index is -0.338. The molecule has 20 heavy (non-hydrogen) atoms. The first-order chi connectivity index (χ1) is 9.66. The van der Waals surface area contributed by atoms with Crippen molar-refractivity contribution in [2.45, 2.75) is 62.9 Å². The number of methoxy groups -OCH3 is 1. The molecular weight excluding hydrogens is 318 g/mol. The summed E-state index contributed by atoms with van der Waals surface area (Å²) in [5, 5.41) is 0. The molecule has 2 saturated carbocycles. The SMILES string of the molecule is COC1(c2nc(N)c(Br)c(C3CC3)n2)CCCCCC1. The van der Waals surface area contributed by atoms with E-state index in [4.69, 9.17) is 15.5 Å². The third kappa shape index (κ3) is 2.58. The topological polar surface area (TPSA) is 61.0 Å². The van der Waals surface area contributed by atoms with Crippen LogP contribution in [0.2, 0.25) is 0 Å². The van der Waals surface area contributed by atoms with E-state index in [-0.39, 0.29) is 5.60 Å². The van der Waals surface area contributed by atoms with Crippen LogP contribution in [0.1, 0.15) is 68.8 Å². The first kappa shape index (κ1) is 14.3. The lowest BCUT2D eigenvalue weighted by atomic mass is 9.93. The summed E-state index contributed by atoms with van der Waals surface area (Å²) in [7, 11) is 1.78. The molecule has 110 valence electrons. The van der Waals surface area contributed by atoms with Crippen LogP contribution in [0.25, 0.3) is 0 Å². The largest absolute Gasteiger partial charge is 0.383 e. The summed E-state index contributed by atoms with van der Waals surface area (Å²) in [6.45, 7) is 0. The zero-order chi connectivity index (χ0) is 14.2. The lowest BCUT2D eigenvalue weighted by Crippen LogP contribution is -2.31. The van der Waals surface area contributed by atoms with Crippen LogP contribution in [0.3, 0.4) is 0 Å². The summed E-state index contributed by atoms with van der Waals surface area (Å²) >= 11 is 3.54. The molecule has 0 bridgehead atoms. The molecule has 0 aromatic carbocycles. The Balaban J connectivity index is 2.02. The van der Waals surface area contributed by atoms with E-state index < -0.39 is 0 Å². The van der Waals surface area contributed by atoms with Gasteiger partial charge in [0.25, 0.3) is 0 Å². The van der Waals surface area contributed by atoms with E-state index in [1.165, 1.54) is 38.5 Å². The monoisotopic (exact) mass is 339 g/mol. The Bertz CT molecular complexity index is 494. The molecule has 0 unspecified atom stereocenters. The van der Waals surface area contributed by atoms with Gasteiger partial charge in [-0.2, -0.15) is 0 Å². The quantitative estimate of drug-likeness (QED) is 0.848. The van der Waals surface area contributed by atoms with Crippen molar-refractivity contribution in [1.29, 1.82) is 0 Å². The predicted molar refractivity (Wildman–Crippen MR) is 82.5 cm³/mol. The van der Waals surface area contributed by atoms with Gasteiger partial charge >= 0.3 is 0 Å². The Morgan fingerprint density at radius 3 is 2.35 bits per heavy atom. The summed E-state index contributed by atoms with van der Waals surface area (Å²) < 4.78 is 6.78. The second kappa shape index (κ2) is 5.60. The third-order valence-electron chi connectivity index (χ3n) is 4.58. The minimum Gasteiger partial charge on any atom is -0.383 e. The van der Waals surface area contributed by atoms with E-state index in [9.17, 15) is 0 Å². The molecule has 0 spiro atoms. The highest BCUT2D eigenvalue weighted by atomic mass is 79.9. The first-order valence-electron chi connectivity index (χ1n) is 7.55.